The summed E-state index contributed by atoms with van der Waals surface area (Å²) in [5, 5.41) is 12.6. The van der Waals surface area contributed by atoms with Crippen LogP contribution in [0.15, 0.2) is 60.0 Å². The maximum atomic E-state index is 12.4. The van der Waals surface area contributed by atoms with Gasteiger partial charge in [0, 0.05) is 30.0 Å². The number of nitrogens with one attached hydrogen (secondary N) is 1. The van der Waals surface area contributed by atoms with Crippen LogP contribution in [-0.4, -0.2) is 37.5 Å². The number of rotatable bonds is 9. The highest BCUT2D eigenvalue weighted by Gasteiger charge is 2.30. The number of aryl methyl sites for hydroxylation is 1. The highest BCUT2D eigenvalue weighted by molar-refractivity contribution is 7.99. The maximum absolute atomic E-state index is 12.4. The van der Waals surface area contributed by atoms with E-state index in [1.807, 2.05) is 30.3 Å². The average Bonchev–Trinajstić information content (AvgIpc) is 3.51. The second kappa shape index (κ2) is 9.22. The fraction of sp³-hybridized carbons (Fsp3) is 0.364. The van der Waals surface area contributed by atoms with Crippen molar-refractivity contribution in [1.82, 2.24) is 25.1 Å². The molecule has 1 N–H and O–H groups in total. The summed E-state index contributed by atoms with van der Waals surface area (Å²) in [6.45, 7) is 2.05. The molecule has 1 fully saturated rings. The zero-order valence-electron chi connectivity index (χ0n) is 16.5. The number of thioether (sulfide) groups is 1. The SMILES string of the molecule is C[C@@H](CCc1ccccc1)NC(=O)CSc1nnc(-c2cccnc2)n1C1CC1. The fourth-order valence-electron chi connectivity index (χ4n) is 3.28. The standard InChI is InChI=1S/C22H25N5OS/c1-16(9-10-17-6-3-2-4-7-17)24-20(28)15-29-22-26-25-21(27(22)19-11-12-19)18-8-5-13-23-14-18/h2-8,13-14,16,19H,9-12,15H2,1H3,(H,24,28)/t16-/m0/s1. The van der Waals surface area contributed by atoms with E-state index in [0.29, 0.717) is 11.8 Å². The third kappa shape index (κ3) is 5.23. The van der Waals surface area contributed by atoms with Gasteiger partial charge in [-0.15, -0.1) is 10.2 Å². The normalized spacial score (nSPS) is 14.5. The second-order valence-electron chi connectivity index (χ2n) is 7.43. The minimum absolute atomic E-state index is 0.0313. The lowest BCUT2D eigenvalue weighted by Gasteiger charge is -2.14. The molecule has 0 radical (unpaired) electrons. The van der Waals surface area contributed by atoms with Gasteiger partial charge in [-0.25, -0.2) is 0 Å². The van der Waals surface area contributed by atoms with Crippen LogP contribution >= 0.6 is 11.8 Å². The number of benzene rings is 1. The Labute approximate surface area is 175 Å². The van der Waals surface area contributed by atoms with Gasteiger partial charge >= 0.3 is 0 Å². The van der Waals surface area contributed by atoms with E-state index in [1.54, 1.807) is 12.4 Å². The summed E-state index contributed by atoms with van der Waals surface area (Å²) in [4.78, 5) is 16.6. The van der Waals surface area contributed by atoms with Gasteiger partial charge in [0.25, 0.3) is 0 Å². The lowest BCUT2D eigenvalue weighted by atomic mass is 10.1. The van der Waals surface area contributed by atoms with Crippen molar-refractivity contribution in [2.75, 3.05) is 5.75 Å². The zero-order chi connectivity index (χ0) is 20.1. The Balaban J connectivity index is 1.32. The molecule has 6 nitrogen and oxygen atoms in total. The molecule has 1 aromatic carbocycles. The topological polar surface area (TPSA) is 72.7 Å². The van der Waals surface area contributed by atoms with Crippen molar-refractivity contribution in [3.05, 3.63) is 60.4 Å². The van der Waals surface area contributed by atoms with Crippen molar-refractivity contribution in [2.45, 2.75) is 49.8 Å². The van der Waals surface area contributed by atoms with Gasteiger partial charge in [0.05, 0.1) is 5.75 Å². The van der Waals surface area contributed by atoms with Crippen molar-refractivity contribution in [1.29, 1.82) is 0 Å². The third-order valence-electron chi connectivity index (χ3n) is 4.94. The van der Waals surface area contributed by atoms with Crippen molar-refractivity contribution >= 4 is 17.7 Å². The van der Waals surface area contributed by atoms with Crippen LogP contribution in [0.5, 0.6) is 0 Å². The van der Waals surface area contributed by atoms with E-state index in [9.17, 15) is 4.79 Å². The Kier molecular flexibility index (Phi) is 6.24. The Bertz CT molecular complexity index is 940. The number of amides is 1. The lowest BCUT2D eigenvalue weighted by Crippen LogP contribution is -2.34. The van der Waals surface area contributed by atoms with Gasteiger partial charge < -0.3 is 5.32 Å². The molecule has 3 aromatic rings. The average molecular weight is 408 g/mol. The highest BCUT2D eigenvalue weighted by atomic mass is 32.2. The summed E-state index contributed by atoms with van der Waals surface area (Å²) in [5.41, 5.74) is 2.25. The smallest absolute Gasteiger partial charge is 0.230 e. The minimum Gasteiger partial charge on any atom is -0.353 e. The number of pyridine rings is 1. The van der Waals surface area contributed by atoms with Gasteiger partial charge in [0.1, 0.15) is 0 Å². The van der Waals surface area contributed by atoms with E-state index in [0.717, 1.165) is 42.2 Å². The molecular weight excluding hydrogens is 382 g/mol. The van der Waals surface area contributed by atoms with Crippen LogP contribution in [0.2, 0.25) is 0 Å². The predicted octanol–water partition coefficient (Wildman–Crippen LogP) is 3.90. The summed E-state index contributed by atoms with van der Waals surface area (Å²) >= 11 is 1.45. The molecule has 1 saturated carbocycles. The predicted molar refractivity (Wildman–Crippen MR) is 115 cm³/mol. The number of aromatic nitrogens is 4. The van der Waals surface area contributed by atoms with Crippen molar-refractivity contribution in [3.63, 3.8) is 0 Å². The minimum atomic E-state index is 0.0313. The Morgan fingerprint density at radius 2 is 2.03 bits per heavy atom. The molecule has 1 aliphatic carbocycles. The molecule has 0 saturated heterocycles. The van der Waals surface area contributed by atoms with Gasteiger partial charge in [-0.05, 0) is 50.3 Å². The molecule has 0 bridgehead atoms. The fourth-order valence-corrected chi connectivity index (χ4v) is 4.09. The van der Waals surface area contributed by atoms with E-state index in [-0.39, 0.29) is 11.9 Å². The van der Waals surface area contributed by atoms with E-state index in [2.05, 4.69) is 44.1 Å². The van der Waals surface area contributed by atoms with Gasteiger partial charge in [-0.1, -0.05) is 42.1 Å². The Morgan fingerprint density at radius 1 is 1.21 bits per heavy atom. The molecule has 1 aliphatic rings. The number of hydrogen-bond donors (Lipinski definition) is 1. The second-order valence-corrected chi connectivity index (χ2v) is 8.37. The molecular formula is C22H25N5OS. The van der Waals surface area contributed by atoms with Crippen molar-refractivity contribution in [2.24, 2.45) is 0 Å². The van der Waals surface area contributed by atoms with Crippen LogP contribution in [0.4, 0.5) is 0 Å². The molecule has 29 heavy (non-hydrogen) atoms. The number of hydrogen-bond acceptors (Lipinski definition) is 5. The van der Waals surface area contributed by atoms with E-state index in [4.69, 9.17) is 0 Å². The van der Waals surface area contributed by atoms with Crippen LogP contribution in [0, 0.1) is 0 Å². The summed E-state index contributed by atoms with van der Waals surface area (Å²) < 4.78 is 2.16. The molecule has 0 unspecified atom stereocenters. The summed E-state index contributed by atoms with van der Waals surface area (Å²) in [6, 6.07) is 14.8. The first-order chi connectivity index (χ1) is 14.2. The molecule has 2 heterocycles. The molecule has 0 spiro atoms. The maximum Gasteiger partial charge on any atom is 0.230 e. The van der Waals surface area contributed by atoms with E-state index < -0.39 is 0 Å². The first kappa shape index (κ1) is 19.6. The van der Waals surface area contributed by atoms with Crippen molar-refractivity contribution in [3.8, 4) is 11.4 Å². The molecule has 4 rings (SSSR count). The molecule has 1 atom stereocenters. The third-order valence-corrected chi connectivity index (χ3v) is 5.89. The summed E-state index contributed by atoms with van der Waals surface area (Å²) in [6.07, 6.45) is 7.69. The zero-order valence-corrected chi connectivity index (χ0v) is 17.3. The van der Waals surface area contributed by atoms with Gasteiger partial charge in [0.2, 0.25) is 5.91 Å². The number of carbonyl (C=O) groups excluding carboxylic acids is 1. The molecule has 1 amide bonds. The quantitative estimate of drug-likeness (QED) is 0.545. The summed E-state index contributed by atoms with van der Waals surface area (Å²) in [5.74, 6) is 1.21. The number of nitrogens with zero attached hydrogens (tertiary/aromatic N) is 4. The van der Waals surface area contributed by atoms with Gasteiger partial charge in [0.15, 0.2) is 11.0 Å². The molecule has 2 aromatic heterocycles. The van der Waals surface area contributed by atoms with E-state index in [1.165, 1.54) is 17.3 Å². The lowest BCUT2D eigenvalue weighted by molar-refractivity contribution is -0.119. The monoisotopic (exact) mass is 407 g/mol. The molecule has 0 aliphatic heterocycles. The van der Waals surface area contributed by atoms with Crippen LogP contribution in [-0.2, 0) is 11.2 Å². The summed E-state index contributed by atoms with van der Waals surface area (Å²) in [7, 11) is 0. The van der Waals surface area contributed by atoms with Gasteiger partial charge in [-0.3, -0.25) is 14.3 Å². The molecule has 7 heteroatoms. The van der Waals surface area contributed by atoms with Crippen LogP contribution in [0.25, 0.3) is 11.4 Å². The first-order valence-corrected chi connectivity index (χ1v) is 11.0. The van der Waals surface area contributed by atoms with Crippen LogP contribution in [0.3, 0.4) is 0 Å². The van der Waals surface area contributed by atoms with Crippen molar-refractivity contribution < 1.29 is 4.79 Å². The van der Waals surface area contributed by atoms with E-state index >= 15 is 0 Å². The highest BCUT2D eigenvalue weighted by Crippen LogP contribution is 2.40. The Morgan fingerprint density at radius 3 is 2.76 bits per heavy atom. The first-order valence-electron chi connectivity index (χ1n) is 10.0. The van der Waals surface area contributed by atoms with Crippen LogP contribution in [0.1, 0.15) is 37.8 Å². The molecule has 150 valence electrons. The Hall–Kier alpha value is -2.67. The van der Waals surface area contributed by atoms with Gasteiger partial charge in [-0.2, -0.15) is 0 Å². The van der Waals surface area contributed by atoms with Crippen LogP contribution < -0.4 is 5.32 Å². The largest absolute Gasteiger partial charge is 0.353 e. The number of carbonyl (C=O) groups is 1.